The normalized spacial score (nSPS) is 10.4. The van der Waals surface area contributed by atoms with Gasteiger partial charge < -0.3 is 4.57 Å². The Kier molecular flexibility index (Phi) is 6.58. The highest BCUT2D eigenvalue weighted by Gasteiger charge is 2.15. The van der Waals surface area contributed by atoms with Crippen molar-refractivity contribution >= 4 is 27.7 Å². The molecule has 0 aromatic carbocycles. The van der Waals surface area contributed by atoms with Crippen molar-refractivity contribution in [2.45, 2.75) is 39.7 Å². The van der Waals surface area contributed by atoms with Crippen molar-refractivity contribution in [3.63, 3.8) is 0 Å². The van der Waals surface area contributed by atoms with Crippen molar-refractivity contribution in [2.75, 3.05) is 0 Å². The predicted octanol–water partition coefficient (Wildman–Crippen LogP) is 1.91. The van der Waals surface area contributed by atoms with Crippen LogP contribution in [0.4, 0.5) is 0 Å². The first-order chi connectivity index (χ1) is 12.3. The Labute approximate surface area is 160 Å². The van der Waals surface area contributed by atoms with Crippen LogP contribution in [-0.4, -0.2) is 26.2 Å². The Morgan fingerprint density at radius 3 is 2.69 bits per heavy atom. The molecule has 2 N–H and O–H groups in total. The van der Waals surface area contributed by atoms with E-state index in [1.807, 2.05) is 13.8 Å². The van der Waals surface area contributed by atoms with Gasteiger partial charge in [0.1, 0.15) is 5.69 Å². The number of nitrogens with zero attached hydrogens (tertiary/aromatic N) is 4. The van der Waals surface area contributed by atoms with Crippen LogP contribution in [-0.2, 0) is 24.8 Å². The first-order valence-electron chi connectivity index (χ1n) is 8.14. The van der Waals surface area contributed by atoms with Crippen molar-refractivity contribution in [3.05, 3.63) is 39.4 Å². The number of amides is 2. The highest BCUT2D eigenvalue weighted by atomic mass is 79.9. The zero-order valence-electron chi connectivity index (χ0n) is 15.0. The van der Waals surface area contributed by atoms with Crippen molar-refractivity contribution in [2.24, 2.45) is 7.05 Å². The molecule has 2 aromatic rings. The van der Waals surface area contributed by atoms with Crippen molar-refractivity contribution < 1.29 is 9.59 Å². The number of nitrogens with one attached hydrogen (secondary N) is 2. The Bertz CT molecular complexity index is 861. The molecule has 2 amide bonds. The second kappa shape index (κ2) is 8.67. The number of hydrogen-bond donors (Lipinski definition) is 2. The fourth-order valence-corrected chi connectivity index (χ4v) is 3.23. The maximum Gasteiger partial charge on any atom is 0.286 e. The molecule has 9 heteroatoms. The summed E-state index contributed by atoms with van der Waals surface area (Å²) >= 11 is 3.30. The second-order valence-electron chi connectivity index (χ2n) is 5.94. The fraction of sp³-hybridized carbons (Fsp3) is 0.412. The van der Waals surface area contributed by atoms with Gasteiger partial charge in [-0.05, 0) is 47.8 Å². The number of hydrogen-bond acceptors (Lipinski definition) is 4. The molecule has 0 spiro atoms. The first kappa shape index (κ1) is 19.7. The molecule has 2 aromatic heterocycles. The lowest BCUT2D eigenvalue weighted by atomic mass is 10.1. The van der Waals surface area contributed by atoms with Crippen LogP contribution in [0.2, 0.25) is 0 Å². The number of hydrazine groups is 1. The third-order valence-electron chi connectivity index (χ3n) is 4.09. The fourth-order valence-electron chi connectivity index (χ4n) is 2.71. The zero-order valence-corrected chi connectivity index (χ0v) is 16.6. The lowest BCUT2D eigenvalue weighted by Crippen LogP contribution is -2.42. The van der Waals surface area contributed by atoms with E-state index < -0.39 is 0 Å². The van der Waals surface area contributed by atoms with Gasteiger partial charge in [-0.15, -0.1) is 0 Å². The molecule has 138 valence electrons. The average Bonchev–Trinajstić information content (AvgIpc) is 3.07. The largest absolute Gasteiger partial charge is 0.345 e. The van der Waals surface area contributed by atoms with Crippen molar-refractivity contribution in [1.82, 2.24) is 25.2 Å². The van der Waals surface area contributed by atoms with E-state index in [1.165, 1.54) is 0 Å². The van der Waals surface area contributed by atoms with Crippen LogP contribution in [0, 0.1) is 25.2 Å². The van der Waals surface area contributed by atoms with Crippen LogP contribution in [0.1, 0.15) is 40.3 Å². The van der Waals surface area contributed by atoms with E-state index in [4.69, 9.17) is 5.26 Å². The van der Waals surface area contributed by atoms with Gasteiger partial charge in [0.15, 0.2) is 0 Å². The molecule has 0 saturated heterocycles. The third kappa shape index (κ3) is 4.73. The van der Waals surface area contributed by atoms with Crippen LogP contribution < -0.4 is 10.9 Å². The molecule has 0 unspecified atom stereocenters. The quantitative estimate of drug-likeness (QED) is 0.696. The summed E-state index contributed by atoms with van der Waals surface area (Å²) in [6, 6.07) is 3.77. The number of carbonyl (C=O) groups is 2. The van der Waals surface area contributed by atoms with Crippen LogP contribution in [0.15, 0.2) is 16.7 Å². The Balaban J connectivity index is 1.87. The van der Waals surface area contributed by atoms with E-state index in [0.717, 1.165) is 21.4 Å². The van der Waals surface area contributed by atoms with Gasteiger partial charge in [-0.2, -0.15) is 10.4 Å². The van der Waals surface area contributed by atoms with Gasteiger partial charge in [-0.25, -0.2) is 0 Å². The van der Waals surface area contributed by atoms with E-state index in [1.54, 1.807) is 28.6 Å². The molecular formula is C17H21BrN6O2. The monoisotopic (exact) mass is 420 g/mol. The summed E-state index contributed by atoms with van der Waals surface area (Å²) in [6.07, 6.45) is 2.89. The number of nitriles is 1. The summed E-state index contributed by atoms with van der Waals surface area (Å²) in [7, 11) is 1.75. The molecule has 0 bridgehead atoms. The summed E-state index contributed by atoms with van der Waals surface area (Å²) in [6.45, 7) is 4.36. The molecule has 26 heavy (non-hydrogen) atoms. The molecule has 0 aliphatic heterocycles. The van der Waals surface area contributed by atoms with Gasteiger partial charge >= 0.3 is 0 Å². The number of halogens is 1. The molecule has 0 radical (unpaired) electrons. The average molecular weight is 421 g/mol. The molecule has 0 aliphatic carbocycles. The first-order valence-corrected chi connectivity index (χ1v) is 8.93. The summed E-state index contributed by atoms with van der Waals surface area (Å²) in [5.41, 5.74) is 8.09. The number of carbonyl (C=O) groups excluding carboxylic acids is 2. The molecule has 8 nitrogen and oxygen atoms in total. The van der Waals surface area contributed by atoms with E-state index in [9.17, 15) is 9.59 Å². The molecule has 0 fully saturated rings. The Hall–Kier alpha value is -2.60. The molecule has 2 heterocycles. The topological polar surface area (TPSA) is 105 Å². The van der Waals surface area contributed by atoms with Crippen LogP contribution in [0.5, 0.6) is 0 Å². The van der Waals surface area contributed by atoms with Gasteiger partial charge in [-0.3, -0.25) is 25.1 Å². The van der Waals surface area contributed by atoms with E-state index in [2.05, 4.69) is 37.9 Å². The summed E-state index contributed by atoms with van der Waals surface area (Å²) in [5.74, 6) is -0.668. The number of aryl methyl sites for hydroxylation is 3. The standard InChI is InChI=1S/C17H21BrN6O2/c1-11-14(12(2)24(22-11)8-4-7-19)5-6-16(25)20-21-17(26)15-9-13(18)10-23(15)3/h9-10H,4-6,8H2,1-3H3,(H,20,25)(H,21,26). The maximum absolute atomic E-state index is 12.1. The van der Waals surface area contributed by atoms with Gasteiger partial charge in [0, 0.05) is 29.8 Å². The lowest BCUT2D eigenvalue weighted by Gasteiger charge is -2.08. The zero-order chi connectivity index (χ0) is 19.3. The maximum atomic E-state index is 12.1. The highest BCUT2D eigenvalue weighted by Crippen LogP contribution is 2.16. The SMILES string of the molecule is Cc1nn(CCC#N)c(C)c1CCC(=O)NNC(=O)c1cc(Br)cn1C. The van der Waals surface area contributed by atoms with Gasteiger partial charge in [0.2, 0.25) is 5.91 Å². The van der Waals surface area contributed by atoms with E-state index in [-0.39, 0.29) is 18.2 Å². The van der Waals surface area contributed by atoms with Gasteiger partial charge in [0.25, 0.3) is 5.91 Å². The lowest BCUT2D eigenvalue weighted by molar-refractivity contribution is -0.121. The summed E-state index contributed by atoms with van der Waals surface area (Å²) in [5, 5.41) is 13.1. The van der Waals surface area contributed by atoms with Crippen LogP contribution in [0.3, 0.4) is 0 Å². The van der Waals surface area contributed by atoms with E-state index in [0.29, 0.717) is 25.1 Å². The molecular weight excluding hydrogens is 400 g/mol. The minimum Gasteiger partial charge on any atom is -0.345 e. The smallest absolute Gasteiger partial charge is 0.286 e. The predicted molar refractivity (Wildman–Crippen MR) is 99.0 cm³/mol. The van der Waals surface area contributed by atoms with Crippen molar-refractivity contribution in [1.29, 1.82) is 5.26 Å². The number of rotatable bonds is 6. The summed E-state index contributed by atoms with van der Waals surface area (Å²) < 4.78 is 4.24. The summed E-state index contributed by atoms with van der Waals surface area (Å²) in [4.78, 5) is 24.1. The second-order valence-corrected chi connectivity index (χ2v) is 6.85. The highest BCUT2D eigenvalue weighted by molar-refractivity contribution is 9.10. The van der Waals surface area contributed by atoms with Gasteiger partial charge in [0.05, 0.1) is 24.7 Å². The number of aromatic nitrogens is 3. The Morgan fingerprint density at radius 1 is 1.35 bits per heavy atom. The minimum atomic E-state index is -0.386. The van der Waals surface area contributed by atoms with E-state index >= 15 is 0 Å². The molecule has 0 aliphatic rings. The molecule has 0 atom stereocenters. The van der Waals surface area contributed by atoms with Crippen LogP contribution in [0.25, 0.3) is 0 Å². The molecule has 2 rings (SSSR count). The third-order valence-corrected chi connectivity index (χ3v) is 4.52. The van der Waals surface area contributed by atoms with Crippen LogP contribution >= 0.6 is 15.9 Å². The minimum absolute atomic E-state index is 0.225. The molecule has 0 saturated carbocycles. The Morgan fingerprint density at radius 2 is 2.08 bits per heavy atom. The van der Waals surface area contributed by atoms with Crippen molar-refractivity contribution in [3.8, 4) is 6.07 Å². The van der Waals surface area contributed by atoms with Gasteiger partial charge in [-0.1, -0.05) is 0 Å².